The van der Waals surface area contributed by atoms with Crippen molar-refractivity contribution < 1.29 is 37.6 Å². The number of phosphoric acid groups is 1. The molecule has 9 nitrogen and oxygen atoms in total. The van der Waals surface area contributed by atoms with Crippen molar-refractivity contribution >= 4 is 19.8 Å². The Bertz CT molecular complexity index is 1350. The summed E-state index contributed by atoms with van der Waals surface area (Å²) >= 11 is 0. The van der Waals surface area contributed by atoms with Gasteiger partial charge < -0.3 is 20.1 Å². The fourth-order valence-electron chi connectivity index (χ4n) is 8.53. The second-order valence-corrected chi connectivity index (χ2v) is 21.3. The van der Waals surface area contributed by atoms with Gasteiger partial charge in [0.15, 0.2) is 6.10 Å². The second-order valence-electron chi connectivity index (χ2n) is 19.8. The van der Waals surface area contributed by atoms with E-state index in [1.165, 1.54) is 205 Å². The molecule has 0 rings (SSSR count). The van der Waals surface area contributed by atoms with Crippen LogP contribution < -0.4 is 5.73 Å². The lowest BCUT2D eigenvalue weighted by Crippen LogP contribution is -2.29. The summed E-state index contributed by atoms with van der Waals surface area (Å²) in [6.45, 7) is 3.56. The van der Waals surface area contributed by atoms with Gasteiger partial charge in [0.25, 0.3) is 0 Å². The first-order valence-corrected chi connectivity index (χ1v) is 31.3. The average molecular weight is 1020 g/mol. The van der Waals surface area contributed by atoms with Crippen LogP contribution in [0.4, 0.5) is 0 Å². The molecule has 0 saturated carbocycles. The van der Waals surface area contributed by atoms with Crippen LogP contribution in [0, 0.1) is 0 Å². The zero-order valence-electron chi connectivity index (χ0n) is 46.2. The van der Waals surface area contributed by atoms with Crippen molar-refractivity contribution in [2.45, 2.75) is 290 Å². The van der Waals surface area contributed by atoms with Crippen LogP contribution in [0.3, 0.4) is 0 Å². The number of nitrogens with two attached hydrogens (primary N) is 1. The summed E-state index contributed by atoms with van der Waals surface area (Å²) in [5.41, 5.74) is 5.36. The quantitative estimate of drug-likeness (QED) is 0.0264. The van der Waals surface area contributed by atoms with E-state index in [0.29, 0.717) is 6.42 Å². The number of unbranched alkanes of at least 4 members (excludes halogenated alkanes) is 33. The van der Waals surface area contributed by atoms with E-state index in [1.807, 2.05) is 12.2 Å². The van der Waals surface area contributed by atoms with Gasteiger partial charge in [-0.1, -0.05) is 267 Å². The third kappa shape index (κ3) is 56.9. The van der Waals surface area contributed by atoms with Crippen molar-refractivity contribution in [1.29, 1.82) is 0 Å². The third-order valence-electron chi connectivity index (χ3n) is 12.9. The van der Waals surface area contributed by atoms with Gasteiger partial charge in [0.05, 0.1) is 13.2 Å². The summed E-state index contributed by atoms with van der Waals surface area (Å²) in [6, 6.07) is 0. The van der Waals surface area contributed by atoms with E-state index in [4.69, 9.17) is 24.3 Å². The Hall–Kier alpha value is -2.29. The Balaban J connectivity index is 3.77. The number of ether oxygens (including phenoxy) is 2. The van der Waals surface area contributed by atoms with Gasteiger partial charge in [-0.3, -0.25) is 18.6 Å². The van der Waals surface area contributed by atoms with Gasteiger partial charge >= 0.3 is 19.8 Å². The molecule has 0 fully saturated rings. The first-order chi connectivity index (χ1) is 34.8. The van der Waals surface area contributed by atoms with Crippen LogP contribution in [0.5, 0.6) is 0 Å². The summed E-state index contributed by atoms with van der Waals surface area (Å²) < 4.78 is 32.8. The van der Waals surface area contributed by atoms with Gasteiger partial charge in [-0.25, -0.2) is 4.57 Å². The molecule has 0 heterocycles. The number of hydrogen-bond acceptors (Lipinski definition) is 8. The van der Waals surface area contributed by atoms with Gasteiger partial charge in [0, 0.05) is 19.4 Å². The van der Waals surface area contributed by atoms with Crippen LogP contribution in [-0.4, -0.2) is 49.3 Å². The Labute approximate surface area is 438 Å². The zero-order chi connectivity index (χ0) is 51.7. The Kier molecular flexibility index (Phi) is 55.2. The van der Waals surface area contributed by atoms with E-state index in [1.54, 1.807) is 0 Å². The molecule has 0 aliphatic heterocycles. The van der Waals surface area contributed by atoms with E-state index >= 15 is 0 Å². The molecule has 0 bridgehead atoms. The first kappa shape index (κ1) is 68.7. The predicted octanol–water partition coefficient (Wildman–Crippen LogP) is 18.7. The molecular weight excluding hydrogens is 906 g/mol. The van der Waals surface area contributed by atoms with E-state index in [2.05, 4.69) is 62.5 Å². The van der Waals surface area contributed by atoms with E-state index in [0.717, 1.165) is 44.9 Å². The largest absolute Gasteiger partial charge is 0.472 e. The Morgan fingerprint density at radius 2 is 0.803 bits per heavy atom. The summed E-state index contributed by atoms with van der Waals surface area (Å²) in [6.07, 6.45) is 72.1. The maximum atomic E-state index is 12.6. The lowest BCUT2D eigenvalue weighted by molar-refractivity contribution is -0.161. The van der Waals surface area contributed by atoms with E-state index < -0.39 is 32.5 Å². The van der Waals surface area contributed by atoms with Crippen molar-refractivity contribution in [1.82, 2.24) is 0 Å². The van der Waals surface area contributed by atoms with Crippen molar-refractivity contribution in [3.05, 3.63) is 60.8 Å². The van der Waals surface area contributed by atoms with Gasteiger partial charge in [0.2, 0.25) is 0 Å². The molecule has 0 aromatic heterocycles. The first-order valence-electron chi connectivity index (χ1n) is 29.8. The fourth-order valence-corrected chi connectivity index (χ4v) is 9.29. The van der Waals surface area contributed by atoms with Gasteiger partial charge in [-0.2, -0.15) is 0 Å². The summed E-state index contributed by atoms with van der Waals surface area (Å²) in [4.78, 5) is 35.0. The van der Waals surface area contributed by atoms with Gasteiger partial charge in [-0.15, -0.1) is 0 Å². The molecule has 0 aliphatic rings. The monoisotopic (exact) mass is 1020 g/mol. The number of hydrogen-bond donors (Lipinski definition) is 2. The fraction of sp³-hybridized carbons (Fsp3) is 0.803. The molecular formula is C61H112NO8P. The second kappa shape index (κ2) is 57.0. The van der Waals surface area contributed by atoms with Crippen LogP contribution in [0.25, 0.3) is 0 Å². The summed E-state index contributed by atoms with van der Waals surface area (Å²) in [7, 11) is -4.40. The van der Waals surface area contributed by atoms with Crippen LogP contribution in [-0.2, 0) is 32.7 Å². The molecule has 2 unspecified atom stereocenters. The molecule has 414 valence electrons. The number of carbonyl (C=O) groups excluding carboxylic acids is 2. The van der Waals surface area contributed by atoms with Crippen molar-refractivity contribution in [3.8, 4) is 0 Å². The smallest absolute Gasteiger partial charge is 0.462 e. The van der Waals surface area contributed by atoms with Crippen molar-refractivity contribution in [3.63, 3.8) is 0 Å². The minimum atomic E-state index is -4.40. The average Bonchev–Trinajstić information content (AvgIpc) is 3.36. The lowest BCUT2D eigenvalue weighted by Gasteiger charge is -2.19. The summed E-state index contributed by atoms with van der Waals surface area (Å²) in [5, 5.41) is 0. The SMILES string of the molecule is CC/C=C\C/C=C\C/C=C\C/C=C\CCC(=O)OC(COC(=O)CCCCCCCCCCCCCCCCCCCCCCCCCCC/C=C\CCCCCCCCCC)COP(=O)(O)OCCN. The van der Waals surface area contributed by atoms with Crippen LogP contribution >= 0.6 is 7.82 Å². The van der Waals surface area contributed by atoms with Crippen molar-refractivity contribution in [2.75, 3.05) is 26.4 Å². The standard InChI is InChI=1S/C61H112NO8P/c1-3-5-7-9-11-13-15-17-18-19-20-21-22-23-24-25-26-27-28-29-30-31-32-33-34-35-36-37-38-39-40-42-43-45-47-49-51-53-60(63)67-57-59(58-69-71(65,66)68-56-55-62)70-61(64)54-52-50-48-46-44-41-16-14-12-10-8-6-4-2/h6,8,12,14,19-20,41,44,48,50,59H,3-5,7,9-11,13,15-18,21-40,42-43,45-47,49,51-58,62H2,1-2H3,(H,65,66)/b8-6-,14-12-,20-19-,44-41-,50-48-. The molecule has 0 aromatic carbocycles. The zero-order valence-corrected chi connectivity index (χ0v) is 47.1. The Morgan fingerprint density at radius 3 is 1.21 bits per heavy atom. The Morgan fingerprint density at radius 1 is 0.437 bits per heavy atom. The highest BCUT2D eigenvalue weighted by Gasteiger charge is 2.26. The van der Waals surface area contributed by atoms with E-state index in [-0.39, 0.29) is 32.6 Å². The minimum absolute atomic E-state index is 0.0420. The normalized spacial score (nSPS) is 13.5. The molecule has 3 N–H and O–H groups in total. The van der Waals surface area contributed by atoms with Crippen molar-refractivity contribution in [2.24, 2.45) is 5.73 Å². The van der Waals surface area contributed by atoms with Gasteiger partial charge in [-0.05, 0) is 64.2 Å². The van der Waals surface area contributed by atoms with Crippen LogP contribution in [0.1, 0.15) is 284 Å². The highest BCUT2D eigenvalue weighted by Crippen LogP contribution is 2.43. The molecule has 71 heavy (non-hydrogen) atoms. The molecule has 0 aromatic rings. The number of rotatable bonds is 56. The van der Waals surface area contributed by atoms with Gasteiger partial charge in [0.1, 0.15) is 6.61 Å². The molecule has 10 heteroatoms. The topological polar surface area (TPSA) is 134 Å². The molecule has 0 saturated heterocycles. The number of carbonyl (C=O) groups is 2. The third-order valence-corrected chi connectivity index (χ3v) is 13.9. The van der Waals surface area contributed by atoms with Crippen LogP contribution in [0.15, 0.2) is 60.8 Å². The maximum Gasteiger partial charge on any atom is 0.472 e. The highest BCUT2D eigenvalue weighted by molar-refractivity contribution is 7.47. The molecule has 0 radical (unpaired) electrons. The minimum Gasteiger partial charge on any atom is -0.462 e. The molecule has 2 atom stereocenters. The highest BCUT2D eigenvalue weighted by atomic mass is 31.2. The maximum absolute atomic E-state index is 12.6. The molecule has 0 amide bonds. The summed E-state index contributed by atoms with van der Waals surface area (Å²) in [5.74, 6) is -0.916. The molecule has 0 aliphatic carbocycles. The van der Waals surface area contributed by atoms with E-state index in [9.17, 15) is 19.0 Å². The predicted molar refractivity (Wildman–Crippen MR) is 303 cm³/mol. The molecule has 0 spiro atoms. The lowest BCUT2D eigenvalue weighted by atomic mass is 10.0. The van der Waals surface area contributed by atoms with Crippen LogP contribution in [0.2, 0.25) is 0 Å². The number of allylic oxidation sites excluding steroid dienone is 10. The number of esters is 2. The number of phosphoric ester groups is 1.